The van der Waals surface area contributed by atoms with Gasteiger partial charge in [0.25, 0.3) is 0 Å². The molecule has 0 saturated carbocycles. The Bertz CT molecular complexity index is 1310. The number of hydrogen-bond donors (Lipinski definition) is 3. The summed E-state index contributed by atoms with van der Waals surface area (Å²) in [6.07, 6.45) is 3.77. The van der Waals surface area contributed by atoms with Crippen molar-refractivity contribution in [2.24, 2.45) is 0 Å². The fraction of sp³-hybridized carbons (Fsp3) is 0.385. The van der Waals surface area contributed by atoms with Crippen molar-refractivity contribution in [3.8, 4) is 11.4 Å². The smallest absolute Gasteiger partial charge is 0.212 e. The van der Waals surface area contributed by atoms with E-state index in [4.69, 9.17) is 4.98 Å². The summed E-state index contributed by atoms with van der Waals surface area (Å²) < 4.78 is 28.9. The van der Waals surface area contributed by atoms with Crippen molar-refractivity contribution in [2.75, 3.05) is 25.4 Å². The zero-order chi connectivity index (χ0) is 24.7. The van der Waals surface area contributed by atoms with Gasteiger partial charge >= 0.3 is 0 Å². The summed E-state index contributed by atoms with van der Waals surface area (Å²) >= 11 is 0. The van der Waals surface area contributed by atoms with Crippen molar-refractivity contribution in [3.05, 3.63) is 72.2 Å². The number of nitrogens with one attached hydrogen (secondary N) is 3. The number of nitrogens with zero attached hydrogens (tertiary/aromatic N) is 3. The van der Waals surface area contributed by atoms with Gasteiger partial charge in [-0.15, -0.1) is 0 Å². The maximum Gasteiger partial charge on any atom is 0.212 e. The number of aryl methyl sites for hydroxylation is 1. The van der Waals surface area contributed by atoms with Gasteiger partial charge in [-0.2, -0.15) is 5.10 Å². The van der Waals surface area contributed by atoms with E-state index in [9.17, 15) is 8.42 Å². The van der Waals surface area contributed by atoms with Crippen molar-refractivity contribution < 1.29 is 8.42 Å². The molecule has 0 aliphatic carbocycles. The lowest BCUT2D eigenvalue weighted by molar-refractivity contribution is 0.304. The number of rotatable bonds is 13. The molecule has 35 heavy (non-hydrogen) atoms. The number of fused-ring (bicyclic) bond motifs is 1. The van der Waals surface area contributed by atoms with Gasteiger partial charge in [-0.25, -0.2) is 18.1 Å². The maximum absolute atomic E-state index is 13.0. The third-order valence-electron chi connectivity index (χ3n) is 6.31. The van der Waals surface area contributed by atoms with E-state index < -0.39 is 16.1 Å². The number of aromatic amines is 2. The Morgan fingerprint density at radius 3 is 2.63 bits per heavy atom. The van der Waals surface area contributed by atoms with Gasteiger partial charge in [0, 0.05) is 22.7 Å². The average molecular weight is 495 g/mol. The summed E-state index contributed by atoms with van der Waals surface area (Å²) in [5.41, 5.74) is 3.07. The standard InChI is InChI=1S/C26H34N6O2S/c1-3-32(4-2)17-8-18-35(33,34)31-24(13-11-20-9-6-5-7-10-20)26-28-25(29-30-26)22-12-14-23-21(19-22)15-16-27-23/h5-7,9-10,12,14-16,19,24,27,31H,3-4,8,11,13,17-18H2,1-2H3,(H,28,29,30)/t24-/m1/s1. The van der Waals surface area contributed by atoms with Gasteiger partial charge in [0.2, 0.25) is 10.0 Å². The quantitative estimate of drug-likeness (QED) is 0.257. The molecule has 2 aromatic heterocycles. The first-order chi connectivity index (χ1) is 17.0. The van der Waals surface area contributed by atoms with Crippen LogP contribution in [0.15, 0.2) is 60.8 Å². The van der Waals surface area contributed by atoms with Crippen molar-refractivity contribution in [1.82, 2.24) is 29.8 Å². The Hall–Kier alpha value is -3.01. The molecule has 0 saturated heterocycles. The molecule has 0 aliphatic heterocycles. The number of sulfonamides is 1. The van der Waals surface area contributed by atoms with Crippen LogP contribution < -0.4 is 4.72 Å². The number of aromatic nitrogens is 4. The molecular formula is C26H34N6O2S. The lowest BCUT2D eigenvalue weighted by Crippen LogP contribution is -2.33. The zero-order valence-electron chi connectivity index (χ0n) is 20.4. The summed E-state index contributed by atoms with van der Waals surface area (Å²) in [5.74, 6) is 1.15. The van der Waals surface area contributed by atoms with Crippen LogP contribution in [0.5, 0.6) is 0 Å². The minimum Gasteiger partial charge on any atom is -0.361 e. The van der Waals surface area contributed by atoms with E-state index in [0.29, 0.717) is 24.5 Å². The summed E-state index contributed by atoms with van der Waals surface area (Å²) in [6, 6.07) is 17.5. The predicted molar refractivity (Wildman–Crippen MR) is 141 cm³/mol. The zero-order valence-corrected chi connectivity index (χ0v) is 21.2. The van der Waals surface area contributed by atoms with Gasteiger partial charge in [0.1, 0.15) is 5.82 Å². The lowest BCUT2D eigenvalue weighted by Gasteiger charge is -2.19. The molecule has 0 bridgehead atoms. The van der Waals surface area contributed by atoms with E-state index in [0.717, 1.165) is 48.1 Å². The molecule has 8 nitrogen and oxygen atoms in total. The number of benzene rings is 2. The molecular weight excluding hydrogens is 460 g/mol. The molecule has 3 N–H and O–H groups in total. The second-order valence-electron chi connectivity index (χ2n) is 8.72. The molecule has 0 aliphatic rings. The first-order valence-corrected chi connectivity index (χ1v) is 13.9. The highest BCUT2D eigenvalue weighted by Gasteiger charge is 2.23. The van der Waals surface area contributed by atoms with E-state index in [1.54, 1.807) is 0 Å². The van der Waals surface area contributed by atoms with Crippen LogP contribution in [-0.2, 0) is 16.4 Å². The summed E-state index contributed by atoms with van der Waals surface area (Å²) in [5, 5.41) is 8.47. The van der Waals surface area contributed by atoms with Gasteiger partial charge in [-0.1, -0.05) is 44.2 Å². The fourth-order valence-corrected chi connectivity index (χ4v) is 5.54. The Morgan fingerprint density at radius 1 is 1.06 bits per heavy atom. The predicted octanol–water partition coefficient (Wildman–Crippen LogP) is 4.28. The maximum atomic E-state index is 13.0. The largest absolute Gasteiger partial charge is 0.361 e. The highest BCUT2D eigenvalue weighted by molar-refractivity contribution is 7.89. The molecule has 0 unspecified atom stereocenters. The van der Waals surface area contributed by atoms with E-state index in [1.165, 1.54) is 0 Å². The van der Waals surface area contributed by atoms with Crippen molar-refractivity contribution in [2.45, 2.75) is 39.2 Å². The van der Waals surface area contributed by atoms with Gasteiger partial charge in [-0.3, -0.25) is 5.10 Å². The fourth-order valence-electron chi connectivity index (χ4n) is 4.25. The Morgan fingerprint density at radius 2 is 1.86 bits per heavy atom. The third kappa shape index (κ3) is 6.78. The molecule has 0 amide bonds. The summed E-state index contributed by atoms with van der Waals surface area (Å²) in [7, 11) is -3.49. The van der Waals surface area contributed by atoms with Gasteiger partial charge in [0.05, 0.1) is 11.8 Å². The highest BCUT2D eigenvalue weighted by Crippen LogP contribution is 2.24. The first-order valence-electron chi connectivity index (χ1n) is 12.2. The van der Waals surface area contributed by atoms with Crippen LogP contribution in [0.1, 0.15) is 44.1 Å². The molecule has 9 heteroatoms. The van der Waals surface area contributed by atoms with Crippen molar-refractivity contribution in [1.29, 1.82) is 0 Å². The van der Waals surface area contributed by atoms with Gasteiger partial charge < -0.3 is 9.88 Å². The monoisotopic (exact) mass is 494 g/mol. The third-order valence-corrected chi connectivity index (χ3v) is 7.78. The molecule has 0 spiro atoms. The molecule has 0 fully saturated rings. The highest BCUT2D eigenvalue weighted by atomic mass is 32.2. The Balaban J connectivity index is 1.51. The Kier molecular flexibility index (Phi) is 8.33. The molecule has 2 heterocycles. The molecule has 1 atom stereocenters. The second-order valence-corrected chi connectivity index (χ2v) is 10.6. The van der Waals surface area contributed by atoms with Crippen LogP contribution >= 0.6 is 0 Å². The lowest BCUT2D eigenvalue weighted by atomic mass is 10.1. The van der Waals surface area contributed by atoms with E-state index >= 15 is 0 Å². The normalized spacial score (nSPS) is 13.0. The molecule has 4 rings (SSSR count). The minimum absolute atomic E-state index is 0.0798. The van der Waals surface area contributed by atoms with E-state index in [1.807, 2.05) is 60.8 Å². The minimum atomic E-state index is -3.49. The molecule has 186 valence electrons. The SMILES string of the molecule is CCN(CC)CCCS(=O)(=O)N[C@H](CCc1ccccc1)c1nc(-c2ccc3[nH]ccc3c2)n[nH]1. The summed E-state index contributed by atoms with van der Waals surface area (Å²) in [6.45, 7) is 6.77. The number of hydrogen-bond acceptors (Lipinski definition) is 5. The van der Waals surface area contributed by atoms with Gasteiger partial charge in [-0.05, 0) is 68.7 Å². The van der Waals surface area contributed by atoms with Crippen LogP contribution in [0.2, 0.25) is 0 Å². The Labute approximate surface area is 207 Å². The molecule has 4 aromatic rings. The number of H-pyrrole nitrogens is 2. The van der Waals surface area contributed by atoms with Crippen LogP contribution in [-0.4, -0.2) is 58.9 Å². The van der Waals surface area contributed by atoms with Crippen LogP contribution in [0, 0.1) is 0 Å². The summed E-state index contributed by atoms with van der Waals surface area (Å²) in [4.78, 5) is 10.1. The van der Waals surface area contributed by atoms with E-state index in [-0.39, 0.29) is 5.75 Å². The second kappa shape index (κ2) is 11.6. The average Bonchev–Trinajstić information content (AvgIpc) is 3.54. The van der Waals surface area contributed by atoms with Crippen LogP contribution in [0.3, 0.4) is 0 Å². The van der Waals surface area contributed by atoms with Crippen molar-refractivity contribution >= 4 is 20.9 Å². The van der Waals surface area contributed by atoms with Crippen molar-refractivity contribution in [3.63, 3.8) is 0 Å². The van der Waals surface area contributed by atoms with Crippen LogP contribution in [0.4, 0.5) is 0 Å². The molecule has 0 radical (unpaired) electrons. The molecule has 2 aromatic carbocycles. The van der Waals surface area contributed by atoms with Crippen LogP contribution in [0.25, 0.3) is 22.3 Å². The topological polar surface area (TPSA) is 107 Å². The van der Waals surface area contributed by atoms with Gasteiger partial charge in [0.15, 0.2) is 5.82 Å². The van der Waals surface area contributed by atoms with E-state index in [2.05, 4.69) is 38.7 Å². The first kappa shape index (κ1) is 25.1.